The zero-order valence-electron chi connectivity index (χ0n) is 9.98. The Hall–Kier alpha value is -1.29. The molecule has 5 heteroatoms. The molecule has 17 heavy (non-hydrogen) atoms. The highest BCUT2D eigenvalue weighted by molar-refractivity contribution is 6.33. The highest BCUT2D eigenvalue weighted by Gasteiger charge is 2.30. The van der Waals surface area contributed by atoms with Gasteiger partial charge in [0.05, 0.1) is 10.6 Å². The zero-order valence-corrected chi connectivity index (χ0v) is 10.7. The lowest BCUT2D eigenvalue weighted by molar-refractivity contribution is 0.0743. The number of nitrogen functional groups attached to an aromatic ring is 1. The fourth-order valence-electron chi connectivity index (χ4n) is 2.31. The van der Waals surface area contributed by atoms with Crippen molar-refractivity contribution in [3.05, 3.63) is 22.8 Å². The summed E-state index contributed by atoms with van der Waals surface area (Å²) < 4.78 is 0. The third kappa shape index (κ3) is 2.36. The first-order chi connectivity index (χ1) is 7.99. The summed E-state index contributed by atoms with van der Waals surface area (Å²) in [5.41, 5.74) is 6.03. The molecule has 4 nitrogen and oxygen atoms in total. The van der Waals surface area contributed by atoms with Gasteiger partial charge in [-0.15, -0.1) is 0 Å². The first kappa shape index (κ1) is 12.2. The Kier molecular flexibility index (Phi) is 3.24. The van der Waals surface area contributed by atoms with Crippen molar-refractivity contribution in [3.8, 4) is 0 Å². The van der Waals surface area contributed by atoms with Gasteiger partial charge < -0.3 is 10.6 Å². The van der Waals surface area contributed by atoms with Crippen molar-refractivity contribution in [2.24, 2.45) is 5.92 Å². The summed E-state index contributed by atoms with van der Waals surface area (Å²) in [7, 11) is 0. The Morgan fingerprint density at radius 2 is 2.29 bits per heavy atom. The highest BCUT2D eigenvalue weighted by atomic mass is 35.5. The summed E-state index contributed by atoms with van der Waals surface area (Å²) in [4.78, 5) is 18.0. The molecule has 92 valence electrons. The fraction of sp³-hybridized carbons (Fsp3) is 0.500. The molecule has 0 radical (unpaired) electrons. The van der Waals surface area contributed by atoms with Gasteiger partial charge in [-0.05, 0) is 25.3 Å². The van der Waals surface area contributed by atoms with E-state index in [4.69, 9.17) is 17.3 Å². The fourth-order valence-corrected chi connectivity index (χ4v) is 2.48. The van der Waals surface area contributed by atoms with Crippen LogP contribution in [0, 0.1) is 5.92 Å². The number of likely N-dealkylation sites (tertiary alicyclic amines) is 1. The molecule has 2 N–H and O–H groups in total. The monoisotopic (exact) mass is 253 g/mol. The SMILES string of the molecule is CC1CC(C)N(C(=O)c2cnc(N)c(Cl)c2)C1. The van der Waals surface area contributed by atoms with Gasteiger partial charge in [0.1, 0.15) is 5.82 Å². The average Bonchev–Trinajstić information content (AvgIpc) is 2.61. The minimum absolute atomic E-state index is 0.0174. The second-order valence-corrected chi connectivity index (χ2v) is 5.15. The summed E-state index contributed by atoms with van der Waals surface area (Å²) >= 11 is 5.87. The van der Waals surface area contributed by atoms with E-state index in [1.54, 1.807) is 6.07 Å². The molecule has 2 atom stereocenters. The van der Waals surface area contributed by atoms with Gasteiger partial charge >= 0.3 is 0 Å². The molecule has 1 fully saturated rings. The number of halogens is 1. The number of anilines is 1. The minimum Gasteiger partial charge on any atom is -0.382 e. The van der Waals surface area contributed by atoms with Crippen molar-refractivity contribution < 1.29 is 4.79 Å². The first-order valence-electron chi connectivity index (χ1n) is 5.71. The van der Waals surface area contributed by atoms with Crippen LogP contribution in [-0.2, 0) is 0 Å². The molecule has 1 aromatic heterocycles. The molecule has 0 bridgehead atoms. The molecule has 1 aliphatic rings. The molecule has 0 saturated carbocycles. The summed E-state index contributed by atoms with van der Waals surface area (Å²) in [6, 6.07) is 1.86. The lowest BCUT2D eigenvalue weighted by Gasteiger charge is -2.21. The van der Waals surface area contributed by atoms with E-state index in [2.05, 4.69) is 18.8 Å². The molecule has 1 aromatic rings. The number of amides is 1. The molecule has 2 rings (SSSR count). The molecule has 1 saturated heterocycles. The standard InChI is InChI=1S/C12H16ClN3O/c1-7-3-8(2)16(6-7)12(17)9-4-10(13)11(14)15-5-9/h4-5,7-8H,3,6H2,1-2H3,(H2,14,15). The van der Waals surface area contributed by atoms with Crippen LogP contribution in [0.5, 0.6) is 0 Å². The van der Waals surface area contributed by atoms with Crippen LogP contribution in [0.1, 0.15) is 30.6 Å². The minimum atomic E-state index is -0.0174. The van der Waals surface area contributed by atoms with Crippen molar-refractivity contribution in [1.82, 2.24) is 9.88 Å². The van der Waals surface area contributed by atoms with Gasteiger partial charge in [-0.1, -0.05) is 18.5 Å². The van der Waals surface area contributed by atoms with E-state index in [0.29, 0.717) is 16.5 Å². The number of nitrogens with zero attached hydrogens (tertiary/aromatic N) is 2. The van der Waals surface area contributed by atoms with E-state index < -0.39 is 0 Å². The first-order valence-corrected chi connectivity index (χ1v) is 6.09. The Labute approximate surface area is 106 Å². The molecule has 2 heterocycles. The van der Waals surface area contributed by atoms with Crippen molar-refractivity contribution in [3.63, 3.8) is 0 Å². The third-order valence-electron chi connectivity index (χ3n) is 3.16. The number of hydrogen-bond donors (Lipinski definition) is 1. The van der Waals surface area contributed by atoms with Crippen LogP contribution < -0.4 is 5.73 Å². The largest absolute Gasteiger partial charge is 0.382 e. The quantitative estimate of drug-likeness (QED) is 0.835. The predicted molar refractivity (Wildman–Crippen MR) is 67.9 cm³/mol. The normalized spacial score (nSPS) is 24.1. The number of hydrogen-bond acceptors (Lipinski definition) is 3. The number of carbonyl (C=O) groups is 1. The topological polar surface area (TPSA) is 59.2 Å². The molecular formula is C12H16ClN3O. The second kappa shape index (κ2) is 4.53. The van der Waals surface area contributed by atoms with Gasteiger partial charge in [-0.25, -0.2) is 4.98 Å². The van der Waals surface area contributed by atoms with E-state index >= 15 is 0 Å². The number of aromatic nitrogens is 1. The molecule has 0 aliphatic carbocycles. The smallest absolute Gasteiger partial charge is 0.255 e. The van der Waals surface area contributed by atoms with Crippen molar-refractivity contribution >= 4 is 23.3 Å². The Bertz CT molecular complexity index is 449. The van der Waals surface area contributed by atoms with Crippen LogP contribution in [0.15, 0.2) is 12.3 Å². The third-order valence-corrected chi connectivity index (χ3v) is 3.46. The van der Waals surface area contributed by atoms with Crippen LogP contribution in [0.4, 0.5) is 5.82 Å². The molecular weight excluding hydrogens is 238 g/mol. The van der Waals surface area contributed by atoms with E-state index in [-0.39, 0.29) is 17.8 Å². The van der Waals surface area contributed by atoms with E-state index in [1.807, 2.05) is 4.90 Å². The Morgan fingerprint density at radius 3 is 2.82 bits per heavy atom. The van der Waals surface area contributed by atoms with Gasteiger partial charge in [-0.3, -0.25) is 4.79 Å². The summed E-state index contributed by atoms with van der Waals surface area (Å²) in [6.45, 7) is 5.01. The van der Waals surface area contributed by atoms with E-state index in [0.717, 1.165) is 13.0 Å². The Morgan fingerprint density at radius 1 is 1.59 bits per heavy atom. The lowest BCUT2D eigenvalue weighted by Crippen LogP contribution is -2.34. The molecule has 1 aliphatic heterocycles. The molecule has 0 aromatic carbocycles. The molecule has 1 amide bonds. The van der Waals surface area contributed by atoms with Crippen LogP contribution in [-0.4, -0.2) is 28.4 Å². The lowest BCUT2D eigenvalue weighted by atomic mass is 10.1. The zero-order chi connectivity index (χ0) is 12.6. The maximum atomic E-state index is 12.3. The van der Waals surface area contributed by atoms with Gasteiger partial charge in [0.25, 0.3) is 5.91 Å². The second-order valence-electron chi connectivity index (χ2n) is 4.74. The van der Waals surface area contributed by atoms with Crippen LogP contribution in [0.3, 0.4) is 0 Å². The van der Waals surface area contributed by atoms with Gasteiger partial charge in [0.15, 0.2) is 0 Å². The van der Waals surface area contributed by atoms with Gasteiger partial charge in [0, 0.05) is 18.8 Å². The molecule has 2 unspecified atom stereocenters. The number of nitrogens with two attached hydrogens (primary N) is 1. The summed E-state index contributed by atoms with van der Waals surface area (Å²) in [5, 5.41) is 0.329. The number of pyridine rings is 1. The van der Waals surface area contributed by atoms with Crippen LogP contribution >= 0.6 is 11.6 Å². The maximum absolute atomic E-state index is 12.3. The highest BCUT2D eigenvalue weighted by Crippen LogP contribution is 2.25. The number of rotatable bonds is 1. The summed E-state index contributed by atoms with van der Waals surface area (Å²) in [6.07, 6.45) is 2.53. The summed E-state index contributed by atoms with van der Waals surface area (Å²) in [5.74, 6) is 0.786. The number of carbonyl (C=O) groups excluding carboxylic acids is 1. The van der Waals surface area contributed by atoms with E-state index in [9.17, 15) is 4.79 Å². The van der Waals surface area contributed by atoms with Crippen LogP contribution in [0.25, 0.3) is 0 Å². The van der Waals surface area contributed by atoms with Gasteiger partial charge in [0.2, 0.25) is 0 Å². The van der Waals surface area contributed by atoms with Crippen molar-refractivity contribution in [2.75, 3.05) is 12.3 Å². The van der Waals surface area contributed by atoms with Gasteiger partial charge in [-0.2, -0.15) is 0 Å². The molecule has 0 spiro atoms. The maximum Gasteiger partial charge on any atom is 0.255 e. The van der Waals surface area contributed by atoms with Crippen LogP contribution in [0.2, 0.25) is 5.02 Å². The van der Waals surface area contributed by atoms with Crippen molar-refractivity contribution in [1.29, 1.82) is 0 Å². The van der Waals surface area contributed by atoms with E-state index in [1.165, 1.54) is 6.20 Å². The Balaban J connectivity index is 2.22. The average molecular weight is 254 g/mol. The van der Waals surface area contributed by atoms with Crippen molar-refractivity contribution in [2.45, 2.75) is 26.3 Å². The predicted octanol–water partition coefficient (Wildman–Crippen LogP) is 2.19.